The molecule has 0 aliphatic rings. The summed E-state index contributed by atoms with van der Waals surface area (Å²) in [6.45, 7) is 2.37. The topological polar surface area (TPSA) is 3.24 Å². The van der Waals surface area contributed by atoms with Gasteiger partial charge in [0, 0.05) is 17.1 Å². The van der Waals surface area contributed by atoms with Crippen LogP contribution in [-0.2, 0) is 12.8 Å². The molecule has 0 aliphatic carbocycles. The Hall–Kier alpha value is -4.88. The molecule has 42 heavy (non-hydrogen) atoms. The molecule has 1 heteroatoms. The Balaban J connectivity index is 1.19. The van der Waals surface area contributed by atoms with E-state index in [1.165, 1.54) is 27.8 Å². The minimum atomic E-state index is 0.405. The molecule has 6 rings (SSSR count). The van der Waals surface area contributed by atoms with E-state index in [0.717, 1.165) is 29.9 Å². The van der Waals surface area contributed by atoms with Gasteiger partial charge in [0.25, 0.3) is 0 Å². The van der Waals surface area contributed by atoms with E-state index in [0.29, 0.717) is 11.8 Å². The van der Waals surface area contributed by atoms with Gasteiger partial charge in [-0.15, -0.1) is 0 Å². The monoisotopic (exact) mass is 543 g/mol. The van der Waals surface area contributed by atoms with Crippen LogP contribution in [-0.4, -0.2) is 0 Å². The van der Waals surface area contributed by atoms with Crippen LogP contribution in [0, 0.1) is 0 Å². The molecule has 0 spiro atoms. The largest absolute Gasteiger partial charge is 0.311 e. The van der Waals surface area contributed by atoms with Gasteiger partial charge in [0.05, 0.1) is 0 Å². The molecule has 0 aromatic heterocycles. The Bertz CT molecular complexity index is 1600. The summed E-state index contributed by atoms with van der Waals surface area (Å²) in [4.78, 5) is 2.30. The SMILES string of the molecule is CC(c1ccc(Cc2ccc(N(c3ccccc3)c3ccccc3)cc2)cc1)C(Cc1ccccc1)c1ccccc1. The Kier molecular flexibility index (Phi) is 8.57. The van der Waals surface area contributed by atoms with E-state index < -0.39 is 0 Å². The molecule has 0 fully saturated rings. The normalized spacial score (nSPS) is 12.4. The number of nitrogens with zero attached hydrogens (tertiary/aromatic N) is 1. The molecule has 2 atom stereocenters. The van der Waals surface area contributed by atoms with Gasteiger partial charge in [0.15, 0.2) is 0 Å². The van der Waals surface area contributed by atoms with Crippen LogP contribution in [0.15, 0.2) is 170 Å². The fourth-order valence-electron chi connectivity index (χ4n) is 5.92. The minimum Gasteiger partial charge on any atom is -0.311 e. The van der Waals surface area contributed by atoms with E-state index >= 15 is 0 Å². The van der Waals surface area contributed by atoms with Crippen LogP contribution >= 0.6 is 0 Å². The molecule has 0 radical (unpaired) electrons. The number of hydrogen-bond donors (Lipinski definition) is 0. The number of anilines is 3. The van der Waals surface area contributed by atoms with Crippen molar-refractivity contribution in [1.29, 1.82) is 0 Å². The summed E-state index contributed by atoms with van der Waals surface area (Å²) in [6, 6.07) is 61.3. The second kappa shape index (κ2) is 13.2. The molecule has 0 N–H and O–H groups in total. The number of para-hydroxylation sites is 2. The van der Waals surface area contributed by atoms with E-state index in [4.69, 9.17) is 0 Å². The molecule has 6 aromatic carbocycles. The quantitative estimate of drug-likeness (QED) is 0.166. The number of hydrogen-bond acceptors (Lipinski definition) is 1. The molecule has 6 aromatic rings. The molecular formula is C41H37N. The second-order valence-electron chi connectivity index (χ2n) is 11.1. The first kappa shape index (κ1) is 27.3. The van der Waals surface area contributed by atoms with Gasteiger partial charge in [0.1, 0.15) is 0 Å². The first-order valence-electron chi connectivity index (χ1n) is 14.9. The lowest BCUT2D eigenvalue weighted by Crippen LogP contribution is -2.12. The Morgan fingerprint density at radius 3 is 1.36 bits per heavy atom. The Morgan fingerprint density at radius 2 is 0.833 bits per heavy atom. The maximum atomic E-state index is 2.37. The average Bonchev–Trinajstić information content (AvgIpc) is 3.06. The first-order chi connectivity index (χ1) is 20.7. The van der Waals surface area contributed by atoms with Crippen molar-refractivity contribution in [1.82, 2.24) is 0 Å². The fraction of sp³-hybridized carbons (Fsp3) is 0.122. The van der Waals surface area contributed by atoms with Crippen molar-refractivity contribution in [3.63, 3.8) is 0 Å². The fourth-order valence-corrected chi connectivity index (χ4v) is 5.92. The van der Waals surface area contributed by atoms with Gasteiger partial charge in [-0.3, -0.25) is 0 Å². The van der Waals surface area contributed by atoms with Crippen molar-refractivity contribution in [2.45, 2.75) is 31.6 Å². The summed E-state index contributed by atoms with van der Waals surface area (Å²) in [6.07, 6.45) is 1.95. The Morgan fingerprint density at radius 1 is 0.405 bits per heavy atom. The van der Waals surface area contributed by atoms with E-state index in [1.807, 2.05) is 0 Å². The van der Waals surface area contributed by atoms with Crippen molar-refractivity contribution in [2.24, 2.45) is 0 Å². The molecule has 0 amide bonds. The zero-order valence-electron chi connectivity index (χ0n) is 24.2. The summed E-state index contributed by atoms with van der Waals surface area (Å²) in [5.74, 6) is 0.826. The highest BCUT2D eigenvalue weighted by Crippen LogP contribution is 2.36. The third-order valence-corrected chi connectivity index (χ3v) is 8.27. The van der Waals surface area contributed by atoms with Crippen molar-refractivity contribution in [3.05, 3.63) is 198 Å². The van der Waals surface area contributed by atoms with Gasteiger partial charge in [-0.05, 0) is 88.9 Å². The van der Waals surface area contributed by atoms with Gasteiger partial charge in [-0.25, -0.2) is 0 Å². The lowest BCUT2D eigenvalue weighted by atomic mass is 9.79. The molecule has 0 bridgehead atoms. The van der Waals surface area contributed by atoms with Gasteiger partial charge in [-0.2, -0.15) is 0 Å². The van der Waals surface area contributed by atoms with Gasteiger partial charge < -0.3 is 4.90 Å². The van der Waals surface area contributed by atoms with Crippen LogP contribution in [0.1, 0.15) is 46.6 Å². The van der Waals surface area contributed by atoms with Crippen molar-refractivity contribution < 1.29 is 0 Å². The predicted molar refractivity (Wildman–Crippen MR) is 178 cm³/mol. The van der Waals surface area contributed by atoms with Crippen LogP contribution in [0.5, 0.6) is 0 Å². The van der Waals surface area contributed by atoms with Gasteiger partial charge in [0.2, 0.25) is 0 Å². The van der Waals surface area contributed by atoms with Crippen LogP contribution < -0.4 is 4.90 Å². The van der Waals surface area contributed by atoms with Crippen LogP contribution in [0.3, 0.4) is 0 Å². The third kappa shape index (κ3) is 6.53. The molecule has 0 aliphatic heterocycles. The molecule has 1 nitrogen and oxygen atoms in total. The Labute approximate surface area is 250 Å². The average molecular weight is 544 g/mol. The molecule has 206 valence electrons. The summed E-state index contributed by atoms with van der Waals surface area (Å²) < 4.78 is 0. The van der Waals surface area contributed by atoms with Crippen molar-refractivity contribution in [2.75, 3.05) is 4.90 Å². The van der Waals surface area contributed by atoms with Gasteiger partial charge in [-0.1, -0.05) is 140 Å². The summed E-state index contributed by atoms with van der Waals surface area (Å²) in [5.41, 5.74) is 10.3. The lowest BCUT2D eigenvalue weighted by Gasteiger charge is -2.26. The van der Waals surface area contributed by atoms with Crippen LogP contribution in [0.4, 0.5) is 17.1 Å². The highest BCUT2D eigenvalue weighted by atomic mass is 15.1. The molecule has 0 saturated heterocycles. The maximum Gasteiger partial charge on any atom is 0.0461 e. The first-order valence-corrected chi connectivity index (χ1v) is 14.9. The molecule has 0 heterocycles. The molecule has 0 saturated carbocycles. The van der Waals surface area contributed by atoms with E-state index in [1.54, 1.807) is 0 Å². The number of benzene rings is 6. The second-order valence-corrected chi connectivity index (χ2v) is 11.1. The zero-order chi connectivity index (χ0) is 28.6. The van der Waals surface area contributed by atoms with E-state index in [9.17, 15) is 0 Å². The van der Waals surface area contributed by atoms with Crippen LogP contribution in [0.25, 0.3) is 0 Å². The highest BCUT2D eigenvalue weighted by molar-refractivity contribution is 5.76. The summed E-state index contributed by atoms with van der Waals surface area (Å²) in [5, 5.41) is 0. The standard InChI is InChI=1S/C41H37N/c1-32(41(37-16-8-3-9-17-37)31-33-14-6-2-7-15-33)36-26-22-34(23-27-36)30-35-24-28-40(29-25-35)42(38-18-10-4-11-19-38)39-20-12-5-13-21-39/h2-29,32,41H,30-31H2,1H3. The summed E-state index contributed by atoms with van der Waals surface area (Å²) in [7, 11) is 0. The van der Waals surface area contributed by atoms with Gasteiger partial charge >= 0.3 is 0 Å². The van der Waals surface area contributed by atoms with E-state index in [2.05, 4.69) is 182 Å². The summed E-state index contributed by atoms with van der Waals surface area (Å²) >= 11 is 0. The maximum absolute atomic E-state index is 2.37. The minimum absolute atomic E-state index is 0.405. The zero-order valence-corrected chi connectivity index (χ0v) is 24.2. The number of rotatable bonds is 10. The predicted octanol–water partition coefficient (Wildman–Crippen LogP) is 10.9. The van der Waals surface area contributed by atoms with E-state index in [-0.39, 0.29) is 0 Å². The van der Waals surface area contributed by atoms with Crippen LogP contribution in [0.2, 0.25) is 0 Å². The molecule has 2 unspecified atom stereocenters. The molecular weight excluding hydrogens is 506 g/mol. The smallest absolute Gasteiger partial charge is 0.0461 e. The van der Waals surface area contributed by atoms with Crippen molar-refractivity contribution in [3.8, 4) is 0 Å². The highest BCUT2D eigenvalue weighted by Gasteiger charge is 2.21. The lowest BCUT2D eigenvalue weighted by molar-refractivity contribution is 0.572. The third-order valence-electron chi connectivity index (χ3n) is 8.27. The van der Waals surface area contributed by atoms with Crippen molar-refractivity contribution >= 4 is 17.1 Å².